The average molecular weight is 180 g/mol. The molecule has 1 heteroatoms. The Kier molecular flexibility index (Phi) is 4.81. The summed E-state index contributed by atoms with van der Waals surface area (Å²) in [6.07, 6.45) is 10.8. The Labute approximate surface area is 81.2 Å². The van der Waals surface area contributed by atoms with Crippen molar-refractivity contribution in [2.24, 2.45) is 5.92 Å². The van der Waals surface area contributed by atoms with Crippen LogP contribution in [-0.2, 0) is 4.79 Å². The molecule has 0 aromatic heterocycles. The molecule has 74 valence electrons. The van der Waals surface area contributed by atoms with E-state index >= 15 is 0 Å². The van der Waals surface area contributed by atoms with E-state index in [1.807, 2.05) is 6.08 Å². The van der Waals surface area contributed by atoms with Crippen LogP contribution in [-0.4, -0.2) is 5.78 Å². The fraction of sp³-hybridized carbons (Fsp3) is 0.750. The van der Waals surface area contributed by atoms with E-state index < -0.39 is 0 Å². The number of unbranched alkanes of at least 4 members (excludes halogenated alkanes) is 1. The summed E-state index contributed by atoms with van der Waals surface area (Å²) in [5.74, 6) is 1.16. The largest absolute Gasteiger partial charge is 0.300 e. The molecular weight excluding hydrogens is 160 g/mol. The van der Waals surface area contributed by atoms with Crippen molar-refractivity contribution < 1.29 is 4.79 Å². The molecule has 0 aliphatic heterocycles. The quantitative estimate of drug-likeness (QED) is 0.367. The minimum absolute atomic E-state index is 0.487. The molecule has 0 bridgehead atoms. The fourth-order valence-corrected chi connectivity index (χ4v) is 2.08. The Balaban J connectivity index is 2.22. The molecule has 0 aromatic rings. The smallest absolute Gasteiger partial charge is 0.133 e. The summed E-state index contributed by atoms with van der Waals surface area (Å²) in [5, 5.41) is 0. The highest BCUT2D eigenvalue weighted by Crippen LogP contribution is 2.24. The van der Waals surface area contributed by atoms with Crippen LogP contribution in [0.4, 0.5) is 0 Å². The van der Waals surface area contributed by atoms with Crippen LogP contribution < -0.4 is 0 Å². The Hall–Kier alpha value is -0.590. The number of Topliss-reactive ketones (excluding diaryl/α,β-unsaturated/α-hetero) is 1. The summed E-state index contributed by atoms with van der Waals surface area (Å²) < 4.78 is 0. The van der Waals surface area contributed by atoms with Crippen LogP contribution >= 0.6 is 0 Å². The van der Waals surface area contributed by atoms with Gasteiger partial charge in [-0.05, 0) is 31.6 Å². The second-order valence-electron chi connectivity index (χ2n) is 4.07. The molecule has 0 heterocycles. The van der Waals surface area contributed by atoms with Gasteiger partial charge in [0, 0.05) is 12.8 Å². The van der Waals surface area contributed by atoms with Crippen molar-refractivity contribution in [3.63, 3.8) is 0 Å². The van der Waals surface area contributed by atoms with Crippen LogP contribution in [0.25, 0.3) is 0 Å². The molecular formula is C12H20O. The summed E-state index contributed by atoms with van der Waals surface area (Å²) in [6, 6.07) is 0. The molecule has 0 aromatic carbocycles. The molecule has 0 N–H and O–H groups in total. The van der Waals surface area contributed by atoms with E-state index in [9.17, 15) is 4.79 Å². The van der Waals surface area contributed by atoms with Gasteiger partial charge in [0.15, 0.2) is 0 Å². The SMILES string of the molecule is C=CCCC[C@@H]1CCCCC(=O)C1. The van der Waals surface area contributed by atoms with Gasteiger partial charge in [-0.3, -0.25) is 4.79 Å². The molecule has 1 aliphatic rings. The molecule has 1 atom stereocenters. The van der Waals surface area contributed by atoms with Crippen molar-refractivity contribution in [2.75, 3.05) is 0 Å². The molecule has 1 rings (SSSR count). The summed E-state index contributed by atoms with van der Waals surface area (Å²) in [5.41, 5.74) is 0. The highest BCUT2D eigenvalue weighted by Gasteiger charge is 2.16. The van der Waals surface area contributed by atoms with E-state index in [0.717, 1.165) is 25.7 Å². The van der Waals surface area contributed by atoms with Crippen molar-refractivity contribution in [2.45, 2.75) is 51.4 Å². The number of rotatable bonds is 4. The zero-order valence-electron chi connectivity index (χ0n) is 8.43. The minimum atomic E-state index is 0.487. The van der Waals surface area contributed by atoms with Gasteiger partial charge in [-0.1, -0.05) is 18.9 Å². The lowest BCUT2D eigenvalue weighted by Gasteiger charge is -2.11. The van der Waals surface area contributed by atoms with Crippen LogP contribution in [0, 0.1) is 5.92 Å². The lowest BCUT2D eigenvalue weighted by molar-refractivity contribution is -0.119. The van der Waals surface area contributed by atoms with Gasteiger partial charge < -0.3 is 0 Å². The second-order valence-corrected chi connectivity index (χ2v) is 4.07. The summed E-state index contributed by atoms with van der Waals surface area (Å²) in [7, 11) is 0. The van der Waals surface area contributed by atoms with Gasteiger partial charge in [-0.25, -0.2) is 0 Å². The normalized spacial score (nSPS) is 24.0. The first-order valence-corrected chi connectivity index (χ1v) is 5.45. The van der Waals surface area contributed by atoms with Gasteiger partial charge in [-0.15, -0.1) is 6.58 Å². The number of allylic oxidation sites excluding steroid dienone is 1. The number of carbonyl (C=O) groups excluding carboxylic acids is 1. The molecule has 0 radical (unpaired) electrons. The highest BCUT2D eigenvalue weighted by molar-refractivity contribution is 5.78. The molecule has 1 nitrogen and oxygen atoms in total. The Bertz CT molecular complexity index is 172. The van der Waals surface area contributed by atoms with Crippen LogP contribution in [0.1, 0.15) is 51.4 Å². The van der Waals surface area contributed by atoms with Crippen LogP contribution in [0.15, 0.2) is 12.7 Å². The fourth-order valence-electron chi connectivity index (χ4n) is 2.08. The van der Waals surface area contributed by atoms with Gasteiger partial charge in [0.05, 0.1) is 0 Å². The lowest BCUT2D eigenvalue weighted by Crippen LogP contribution is -2.04. The van der Waals surface area contributed by atoms with E-state index in [1.165, 1.54) is 25.7 Å². The number of carbonyl (C=O) groups is 1. The number of hydrogen-bond donors (Lipinski definition) is 0. The van der Waals surface area contributed by atoms with E-state index in [2.05, 4.69) is 6.58 Å². The molecule has 1 fully saturated rings. The summed E-state index contributed by atoms with van der Waals surface area (Å²) in [6.45, 7) is 3.71. The Morgan fingerprint density at radius 1 is 1.46 bits per heavy atom. The first-order valence-electron chi connectivity index (χ1n) is 5.45. The highest BCUT2D eigenvalue weighted by atomic mass is 16.1. The van der Waals surface area contributed by atoms with Crippen molar-refractivity contribution in [1.82, 2.24) is 0 Å². The molecule has 1 saturated carbocycles. The van der Waals surface area contributed by atoms with Gasteiger partial charge in [0.1, 0.15) is 5.78 Å². The van der Waals surface area contributed by atoms with Crippen molar-refractivity contribution in [1.29, 1.82) is 0 Å². The third-order valence-corrected chi connectivity index (χ3v) is 2.85. The van der Waals surface area contributed by atoms with Crippen LogP contribution in [0.5, 0.6) is 0 Å². The molecule has 13 heavy (non-hydrogen) atoms. The first kappa shape index (κ1) is 10.5. The maximum Gasteiger partial charge on any atom is 0.133 e. The topological polar surface area (TPSA) is 17.1 Å². The summed E-state index contributed by atoms with van der Waals surface area (Å²) in [4.78, 5) is 11.3. The predicted octanol–water partition coefficient (Wildman–Crippen LogP) is 3.49. The second kappa shape index (κ2) is 5.95. The van der Waals surface area contributed by atoms with Crippen LogP contribution in [0.2, 0.25) is 0 Å². The average Bonchev–Trinajstić information content (AvgIpc) is 2.31. The van der Waals surface area contributed by atoms with Gasteiger partial charge >= 0.3 is 0 Å². The lowest BCUT2D eigenvalue weighted by atomic mass is 9.94. The van der Waals surface area contributed by atoms with Gasteiger partial charge in [0.2, 0.25) is 0 Å². The monoisotopic (exact) mass is 180 g/mol. The Morgan fingerprint density at radius 2 is 2.31 bits per heavy atom. The first-order chi connectivity index (χ1) is 6.33. The van der Waals surface area contributed by atoms with Gasteiger partial charge in [-0.2, -0.15) is 0 Å². The minimum Gasteiger partial charge on any atom is -0.300 e. The maximum atomic E-state index is 11.3. The van der Waals surface area contributed by atoms with Crippen LogP contribution in [0.3, 0.4) is 0 Å². The van der Waals surface area contributed by atoms with Crippen molar-refractivity contribution in [3.8, 4) is 0 Å². The van der Waals surface area contributed by atoms with Gasteiger partial charge in [0.25, 0.3) is 0 Å². The zero-order chi connectivity index (χ0) is 9.52. The Morgan fingerprint density at radius 3 is 3.08 bits per heavy atom. The standard InChI is InChI=1S/C12H20O/c1-2-3-4-7-11-8-5-6-9-12(13)10-11/h2,11H,1,3-10H2/t11-/m1/s1. The van der Waals surface area contributed by atoms with E-state index in [0.29, 0.717) is 11.7 Å². The molecule has 0 amide bonds. The number of hydrogen-bond acceptors (Lipinski definition) is 1. The zero-order valence-corrected chi connectivity index (χ0v) is 8.43. The maximum absolute atomic E-state index is 11.3. The molecule has 1 aliphatic carbocycles. The number of ketones is 1. The molecule has 0 spiro atoms. The third kappa shape index (κ3) is 4.25. The predicted molar refractivity (Wildman–Crippen MR) is 55.6 cm³/mol. The summed E-state index contributed by atoms with van der Waals surface area (Å²) >= 11 is 0. The van der Waals surface area contributed by atoms with E-state index in [1.54, 1.807) is 0 Å². The van der Waals surface area contributed by atoms with E-state index in [4.69, 9.17) is 0 Å². The van der Waals surface area contributed by atoms with E-state index in [-0.39, 0.29) is 0 Å². The third-order valence-electron chi connectivity index (χ3n) is 2.85. The molecule has 0 unspecified atom stereocenters. The van der Waals surface area contributed by atoms with Crippen molar-refractivity contribution >= 4 is 5.78 Å². The van der Waals surface area contributed by atoms with Crippen molar-refractivity contribution in [3.05, 3.63) is 12.7 Å². The molecule has 0 saturated heterocycles.